The van der Waals surface area contributed by atoms with Crippen molar-refractivity contribution in [1.29, 1.82) is 0 Å². The monoisotopic (exact) mass is 1480 g/mol. The van der Waals surface area contributed by atoms with E-state index >= 15 is 0 Å². The quantitative estimate of drug-likeness (QED) is 0.0116. The van der Waals surface area contributed by atoms with Gasteiger partial charge in [-0.05, 0) is 38.5 Å². The first-order valence-electron chi connectivity index (χ1n) is 42.4. The number of urea groups is 1. The molecule has 0 aromatic heterocycles. The highest BCUT2D eigenvalue weighted by atomic mass is 16.6. The van der Waals surface area contributed by atoms with Gasteiger partial charge in [0.05, 0.1) is 56.3 Å². The molecule has 610 valence electrons. The van der Waals surface area contributed by atoms with Gasteiger partial charge in [-0.3, -0.25) is 24.5 Å². The molecule has 0 bridgehead atoms. The van der Waals surface area contributed by atoms with Crippen molar-refractivity contribution in [3.8, 4) is 0 Å². The third-order valence-electron chi connectivity index (χ3n) is 20.2. The van der Waals surface area contributed by atoms with Crippen LogP contribution in [0.4, 0.5) is 4.79 Å². The van der Waals surface area contributed by atoms with Gasteiger partial charge in [0.25, 0.3) is 0 Å². The minimum absolute atomic E-state index is 0.133. The second kappa shape index (κ2) is 71.0. The smallest absolute Gasteiger partial charge is 0.318 e. The molecule has 0 spiro atoms. The fourth-order valence-corrected chi connectivity index (χ4v) is 13.5. The lowest BCUT2D eigenvalue weighted by Crippen LogP contribution is -2.59. The maximum absolute atomic E-state index is 13.1. The first-order chi connectivity index (χ1) is 50.5. The second-order valence-corrected chi connectivity index (χ2v) is 30.1. The third-order valence-corrected chi connectivity index (χ3v) is 20.2. The molecule has 21 nitrogen and oxygen atoms in total. The summed E-state index contributed by atoms with van der Waals surface area (Å²) >= 11 is 0. The van der Waals surface area contributed by atoms with Gasteiger partial charge in [-0.15, -0.1) is 0 Å². The van der Waals surface area contributed by atoms with E-state index in [2.05, 4.69) is 24.5 Å². The molecule has 0 saturated carbocycles. The number of nitrogens with one attached hydrogen (secondary N) is 3. The molecule has 0 radical (unpaired) electrons. The number of nitrogens with two attached hydrogens (primary N) is 1. The highest BCUT2D eigenvalue weighted by Gasteiger charge is 2.43. The van der Waals surface area contributed by atoms with Crippen molar-refractivity contribution >= 4 is 29.7 Å². The number of primary amides is 1. The van der Waals surface area contributed by atoms with Crippen molar-refractivity contribution in [2.45, 2.75) is 434 Å². The summed E-state index contributed by atoms with van der Waals surface area (Å²) in [6.07, 6.45) is 55.7. The zero-order valence-corrected chi connectivity index (χ0v) is 65.6. The summed E-state index contributed by atoms with van der Waals surface area (Å²) in [6, 6.07) is -2.93. The van der Waals surface area contributed by atoms with Crippen LogP contribution in [-0.2, 0) is 38.1 Å². The Morgan fingerprint density at radius 2 is 0.712 bits per heavy atom. The summed E-state index contributed by atoms with van der Waals surface area (Å²) < 4.78 is 22.5. The lowest BCUT2D eigenvalue weighted by Gasteiger charge is -2.40. The number of aliphatic hydroxyl groups excluding tert-OH is 8. The number of imide groups is 1. The van der Waals surface area contributed by atoms with Crippen LogP contribution in [0.15, 0.2) is 24.3 Å². The molecule has 3 unspecified atom stereocenters. The number of amides is 5. The van der Waals surface area contributed by atoms with Crippen LogP contribution in [0.3, 0.4) is 0 Å². The normalized spacial score (nSPS) is 18.0. The number of carbonyl (C=O) groups is 5. The van der Waals surface area contributed by atoms with E-state index in [4.69, 9.17) is 24.7 Å². The molecule has 1 fully saturated rings. The van der Waals surface area contributed by atoms with E-state index in [1.807, 2.05) is 0 Å². The van der Waals surface area contributed by atoms with Crippen LogP contribution in [-0.4, -0.2) is 177 Å². The number of carbonyl (C=O) groups excluding carboxylic acids is 5. The SMILES string of the molecule is CCCCCCCCCCCCC(O)/C=C/C(O)[C@H](COC(=O)CC(=O)NC(N)=O)NC(=O)CCCCCCCCCCCCCCCCCOCCCCCCCCCCCCCCCCCC(=O)N[C@@H](COC[C@H]1O[C@H](CO)[C@@H](O)[C@H](O)[C@H]1O)[C@H](O)/C=C/C(O)CCCCCCCCCCCC. The third kappa shape index (κ3) is 59.4. The molecule has 1 heterocycles. The van der Waals surface area contributed by atoms with Gasteiger partial charge in [0, 0.05) is 26.1 Å². The average molecular weight is 1480 g/mol. The van der Waals surface area contributed by atoms with E-state index in [0.717, 1.165) is 110 Å². The number of unbranched alkanes of at least 4 members (excludes halogenated alkanes) is 46. The Hall–Kier alpha value is -3.61. The van der Waals surface area contributed by atoms with Crippen molar-refractivity contribution in [3.63, 3.8) is 0 Å². The molecule has 0 aliphatic carbocycles. The number of aliphatic hydroxyl groups is 8. The second-order valence-electron chi connectivity index (χ2n) is 30.1. The van der Waals surface area contributed by atoms with Crippen LogP contribution >= 0.6 is 0 Å². The standard InChI is InChI=1S/C83H156N4O17/c1-3-5-7-9-11-13-29-35-41-47-53-68(89)57-59-72(91)70(65-102-67-75-81(98)82(99)80(97)74(64-88)104-75)85-76(93)55-49-43-37-31-25-21-17-15-19-23-27-33-39-45-51-61-101-62-52-46-40-34-28-24-20-16-18-22-26-32-38-44-50-56-77(94)86-71(66-103-79(96)63-78(95)87-83(84)100)73(92)60-58-69(90)54-48-42-36-30-14-12-10-8-6-4-2/h57-60,68-75,80-82,88-92,97-99H,3-56,61-67H2,1-2H3,(H,85,93)(H,86,94)(H3,84,87,95,100)/b59-57+,60-58+/t68?,69?,70-,71-,72+,73?,74+,75+,80+,81-,82-/m0/s1. The highest BCUT2D eigenvalue weighted by molar-refractivity contribution is 6.01. The number of rotatable bonds is 75. The van der Waals surface area contributed by atoms with Crippen LogP contribution in [0.25, 0.3) is 0 Å². The minimum Gasteiger partial charge on any atom is -0.463 e. The minimum atomic E-state index is -1.53. The van der Waals surface area contributed by atoms with Crippen LogP contribution in [0.2, 0.25) is 0 Å². The Labute approximate surface area is 630 Å². The molecular formula is C83H156N4O17. The van der Waals surface area contributed by atoms with Gasteiger partial charge in [0.15, 0.2) is 0 Å². The summed E-state index contributed by atoms with van der Waals surface area (Å²) in [6.45, 7) is 4.90. The van der Waals surface area contributed by atoms with Crippen LogP contribution < -0.4 is 21.7 Å². The maximum atomic E-state index is 13.1. The molecule has 0 aromatic rings. The average Bonchev–Trinajstić information content (AvgIpc) is 0.821. The number of esters is 1. The Morgan fingerprint density at radius 3 is 1.06 bits per heavy atom. The van der Waals surface area contributed by atoms with Gasteiger partial charge in [-0.25, -0.2) is 4.79 Å². The molecular weight excluding hydrogens is 1320 g/mol. The summed E-state index contributed by atoms with van der Waals surface area (Å²) in [5.41, 5.74) is 4.95. The fourth-order valence-electron chi connectivity index (χ4n) is 13.5. The number of ether oxygens (including phenoxy) is 4. The van der Waals surface area contributed by atoms with Gasteiger partial charge < -0.3 is 76.2 Å². The van der Waals surface area contributed by atoms with Gasteiger partial charge in [-0.1, -0.05) is 334 Å². The fraction of sp³-hybridized carbons (Fsp3) is 0.892. The number of hydrogen-bond acceptors (Lipinski definition) is 17. The Kier molecular flexibility index (Phi) is 67.2. The predicted molar refractivity (Wildman–Crippen MR) is 416 cm³/mol. The lowest BCUT2D eigenvalue weighted by molar-refractivity contribution is -0.239. The molecule has 11 atom stereocenters. The summed E-state index contributed by atoms with van der Waals surface area (Å²) in [5.74, 6) is -2.37. The largest absolute Gasteiger partial charge is 0.463 e. The van der Waals surface area contributed by atoms with Crippen molar-refractivity contribution in [2.75, 3.05) is 39.6 Å². The van der Waals surface area contributed by atoms with E-state index < -0.39 is 105 Å². The van der Waals surface area contributed by atoms with Crippen molar-refractivity contribution in [2.24, 2.45) is 5.73 Å². The van der Waals surface area contributed by atoms with Crippen LogP contribution in [0, 0.1) is 0 Å². The van der Waals surface area contributed by atoms with Gasteiger partial charge in [-0.2, -0.15) is 0 Å². The molecule has 1 aliphatic heterocycles. The van der Waals surface area contributed by atoms with Gasteiger partial charge in [0.1, 0.15) is 43.5 Å². The maximum Gasteiger partial charge on any atom is 0.318 e. The lowest BCUT2D eigenvalue weighted by atomic mass is 9.95. The molecule has 1 rings (SSSR count). The molecule has 104 heavy (non-hydrogen) atoms. The molecule has 1 saturated heterocycles. The van der Waals surface area contributed by atoms with Gasteiger partial charge in [0.2, 0.25) is 17.7 Å². The molecule has 13 N–H and O–H groups in total. The summed E-state index contributed by atoms with van der Waals surface area (Å²) in [5, 5.41) is 91.2. The predicted octanol–water partition coefficient (Wildman–Crippen LogP) is 14.6. The summed E-state index contributed by atoms with van der Waals surface area (Å²) in [4.78, 5) is 61.1. The van der Waals surface area contributed by atoms with Gasteiger partial charge >= 0.3 is 12.0 Å². The Balaban J connectivity index is 2.09. The summed E-state index contributed by atoms with van der Waals surface area (Å²) in [7, 11) is 0. The van der Waals surface area contributed by atoms with E-state index in [9.17, 15) is 64.8 Å². The van der Waals surface area contributed by atoms with Crippen LogP contribution in [0.5, 0.6) is 0 Å². The topological polar surface area (TPSA) is 346 Å². The molecule has 21 heteroatoms. The van der Waals surface area contributed by atoms with Crippen molar-refractivity contribution in [3.05, 3.63) is 24.3 Å². The van der Waals surface area contributed by atoms with E-state index in [1.165, 1.54) is 237 Å². The zero-order valence-electron chi connectivity index (χ0n) is 65.6. The molecule has 0 aromatic carbocycles. The first-order valence-corrected chi connectivity index (χ1v) is 42.4. The Bertz CT molecular complexity index is 2070. The molecule has 1 aliphatic rings. The first kappa shape index (κ1) is 98.4. The Morgan fingerprint density at radius 1 is 0.394 bits per heavy atom. The number of hydrogen-bond donors (Lipinski definition) is 12. The van der Waals surface area contributed by atoms with E-state index in [1.54, 1.807) is 11.4 Å². The van der Waals surface area contributed by atoms with Crippen LogP contribution in [0.1, 0.15) is 367 Å². The highest BCUT2D eigenvalue weighted by Crippen LogP contribution is 2.23. The van der Waals surface area contributed by atoms with Crippen molar-refractivity contribution < 1.29 is 83.8 Å². The van der Waals surface area contributed by atoms with Crippen molar-refractivity contribution in [1.82, 2.24) is 16.0 Å². The van der Waals surface area contributed by atoms with E-state index in [-0.39, 0.29) is 31.4 Å². The van der Waals surface area contributed by atoms with E-state index in [0.29, 0.717) is 25.7 Å². The molecule has 5 amide bonds. The zero-order chi connectivity index (χ0) is 76.1.